The zero-order valence-electron chi connectivity index (χ0n) is 9.18. The fourth-order valence-electron chi connectivity index (χ4n) is 1.50. The minimum absolute atomic E-state index is 0.330. The highest BCUT2D eigenvalue weighted by Gasteiger charge is 2.28. The van der Waals surface area contributed by atoms with Gasteiger partial charge in [-0.15, -0.1) is 0 Å². The molecular formula is C11H13F4NO. The summed E-state index contributed by atoms with van der Waals surface area (Å²) >= 11 is 0. The van der Waals surface area contributed by atoms with Gasteiger partial charge < -0.3 is 5.11 Å². The summed E-state index contributed by atoms with van der Waals surface area (Å²) in [7, 11) is 0. The van der Waals surface area contributed by atoms with Gasteiger partial charge in [0, 0.05) is 0 Å². The Morgan fingerprint density at radius 3 is 2.53 bits per heavy atom. The van der Waals surface area contributed by atoms with Crippen LogP contribution in [0.2, 0.25) is 0 Å². The zero-order chi connectivity index (χ0) is 13.1. The van der Waals surface area contributed by atoms with Gasteiger partial charge in [-0.1, -0.05) is 6.07 Å². The molecule has 0 radical (unpaired) electrons. The van der Waals surface area contributed by atoms with E-state index in [2.05, 4.69) is 5.32 Å². The van der Waals surface area contributed by atoms with Gasteiger partial charge in [0.1, 0.15) is 5.82 Å². The molecule has 6 heteroatoms. The van der Waals surface area contributed by atoms with Crippen molar-refractivity contribution in [3.63, 3.8) is 0 Å². The summed E-state index contributed by atoms with van der Waals surface area (Å²) in [6, 6.07) is 2.88. The van der Waals surface area contributed by atoms with Crippen LogP contribution in [0.1, 0.15) is 17.2 Å². The molecule has 1 rings (SSSR count). The highest BCUT2D eigenvalue weighted by molar-refractivity contribution is 5.29. The van der Waals surface area contributed by atoms with E-state index in [1.54, 1.807) is 6.92 Å². The first-order valence-corrected chi connectivity index (χ1v) is 5.00. The zero-order valence-corrected chi connectivity index (χ0v) is 9.18. The van der Waals surface area contributed by atoms with Crippen molar-refractivity contribution in [2.75, 3.05) is 13.2 Å². The van der Waals surface area contributed by atoms with Crippen molar-refractivity contribution in [3.05, 3.63) is 35.1 Å². The van der Waals surface area contributed by atoms with E-state index in [-0.39, 0.29) is 0 Å². The van der Waals surface area contributed by atoms with E-state index in [0.29, 0.717) is 11.1 Å². The van der Waals surface area contributed by atoms with E-state index >= 15 is 0 Å². The van der Waals surface area contributed by atoms with Crippen molar-refractivity contribution in [3.8, 4) is 0 Å². The molecular weight excluding hydrogens is 238 g/mol. The summed E-state index contributed by atoms with van der Waals surface area (Å²) in [4.78, 5) is 0. The fourth-order valence-corrected chi connectivity index (χ4v) is 1.50. The van der Waals surface area contributed by atoms with E-state index in [0.717, 1.165) is 6.07 Å². The Labute approximate surface area is 96.3 Å². The van der Waals surface area contributed by atoms with Crippen LogP contribution in [-0.4, -0.2) is 24.4 Å². The molecule has 0 saturated heterocycles. The number of aliphatic hydroxyl groups excluding tert-OH is 1. The summed E-state index contributed by atoms with van der Waals surface area (Å²) in [6.45, 7) is -0.110. The van der Waals surface area contributed by atoms with Gasteiger partial charge in [0.15, 0.2) is 0 Å². The molecule has 1 aromatic rings. The van der Waals surface area contributed by atoms with Gasteiger partial charge in [0.25, 0.3) is 0 Å². The summed E-state index contributed by atoms with van der Waals surface area (Å²) in [5.41, 5.74) is 0.955. The molecule has 0 aliphatic carbocycles. The molecule has 1 aromatic carbocycles. The Balaban J connectivity index is 2.82. The van der Waals surface area contributed by atoms with Gasteiger partial charge in [-0.25, -0.2) is 4.39 Å². The van der Waals surface area contributed by atoms with Crippen molar-refractivity contribution in [2.45, 2.75) is 19.1 Å². The van der Waals surface area contributed by atoms with Crippen LogP contribution in [-0.2, 0) is 0 Å². The van der Waals surface area contributed by atoms with Crippen LogP contribution in [0, 0.1) is 12.7 Å². The SMILES string of the molecule is Cc1ccc(F)cc1C(CO)NCC(F)(F)F. The maximum Gasteiger partial charge on any atom is 0.401 e. The molecule has 0 aliphatic rings. The number of alkyl halides is 3. The van der Waals surface area contributed by atoms with Crippen LogP contribution in [0.25, 0.3) is 0 Å². The maximum atomic E-state index is 13.0. The number of benzene rings is 1. The predicted molar refractivity (Wildman–Crippen MR) is 55.0 cm³/mol. The maximum absolute atomic E-state index is 13.0. The Bertz CT molecular complexity index is 378. The highest BCUT2D eigenvalue weighted by Crippen LogP contribution is 2.20. The van der Waals surface area contributed by atoms with Crippen molar-refractivity contribution in [1.82, 2.24) is 5.32 Å². The van der Waals surface area contributed by atoms with Crippen LogP contribution >= 0.6 is 0 Å². The van der Waals surface area contributed by atoms with Crippen LogP contribution in [0.15, 0.2) is 18.2 Å². The summed E-state index contributed by atoms with van der Waals surface area (Å²) in [5, 5.41) is 11.2. The molecule has 0 aliphatic heterocycles. The van der Waals surface area contributed by atoms with E-state index in [1.807, 2.05) is 0 Å². The van der Waals surface area contributed by atoms with Crippen molar-refractivity contribution in [2.24, 2.45) is 0 Å². The smallest absolute Gasteiger partial charge is 0.394 e. The predicted octanol–water partition coefficient (Wildman–Crippen LogP) is 2.32. The summed E-state index contributed by atoms with van der Waals surface area (Å²) < 4.78 is 49.1. The first kappa shape index (κ1) is 13.9. The van der Waals surface area contributed by atoms with Crippen LogP contribution < -0.4 is 5.32 Å². The van der Waals surface area contributed by atoms with E-state index in [1.165, 1.54) is 12.1 Å². The molecule has 1 atom stereocenters. The molecule has 0 amide bonds. The van der Waals surface area contributed by atoms with Gasteiger partial charge in [0.2, 0.25) is 0 Å². The van der Waals surface area contributed by atoms with Gasteiger partial charge >= 0.3 is 6.18 Å². The van der Waals surface area contributed by atoms with Crippen molar-refractivity contribution >= 4 is 0 Å². The number of halogens is 4. The second-order valence-electron chi connectivity index (χ2n) is 3.73. The third-order valence-electron chi connectivity index (χ3n) is 2.35. The highest BCUT2D eigenvalue weighted by atomic mass is 19.4. The van der Waals surface area contributed by atoms with Crippen LogP contribution in [0.5, 0.6) is 0 Å². The quantitative estimate of drug-likeness (QED) is 0.805. The average molecular weight is 251 g/mol. The van der Waals surface area contributed by atoms with Gasteiger partial charge in [-0.2, -0.15) is 13.2 Å². The molecule has 0 saturated carbocycles. The third kappa shape index (κ3) is 4.32. The molecule has 0 bridgehead atoms. The summed E-state index contributed by atoms with van der Waals surface area (Å²) in [6.07, 6.45) is -4.37. The second-order valence-corrected chi connectivity index (χ2v) is 3.73. The molecule has 17 heavy (non-hydrogen) atoms. The first-order valence-electron chi connectivity index (χ1n) is 5.00. The molecule has 2 N–H and O–H groups in total. The fraction of sp³-hybridized carbons (Fsp3) is 0.455. The number of nitrogens with one attached hydrogen (secondary N) is 1. The lowest BCUT2D eigenvalue weighted by atomic mass is 10.0. The molecule has 1 unspecified atom stereocenters. The minimum atomic E-state index is -4.37. The Morgan fingerprint density at radius 2 is 2.00 bits per heavy atom. The number of hydrogen-bond acceptors (Lipinski definition) is 2. The number of rotatable bonds is 4. The minimum Gasteiger partial charge on any atom is -0.394 e. The average Bonchev–Trinajstić information content (AvgIpc) is 2.22. The monoisotopic (exact) mass is 251 g/mol. The van der Waals surface area contributed by atoms with Gasteiger partial charge in [-0.05, 0) is 30.2 Å². The lowest BCUT2D eigenvalue weighted by Crippen LogP contribution is -2.34. The third-order valence-corrected chi connectivity index (χ3v) is 2.35. The van der Waals surface area contributed by atoms with Gasteiger partial charge in [-0.3, -0.25) is 5.32 Å². The Hall–Kier alpha value is -1.14. The molecule has 0 spiro atoms. The molecule has 0 heterocycles. The largest absolute Gasteiger partial charge is 0.401 e. The van der Waals surface area contributed by atoms with E-state index < -0.39 is 31.2 Å². The molecule has 96 valence electrons. The molecule has 0 fully saturated rings. The number of hydrogen-bond donors (Lipinski definition) is 2. The van der Waals surface area contributed by atoms with Crippen molar-refractivity contribution in [1.29, 1.82) is 0 Å². The standard InChI is InChI=1S/C11H13F4NO/c1-7-2-3-8(12)4-9(7)10(5-17)16-6-11(13,14)15/h2-4,10,16-17H,5-6H2,1H3. The second kappa shape index (κ2) is 5.46. The number of aryl methyl sites for hydroxylation is 1. The summed E-state index contributed by atoms with van der Waals surface area (Å²) in [5.74, 6) is -0.544. The van der Waals surface area contributed by atoms with Crippen LogP contribution in [0.3, 0.4) is 0 Å². The van der Waals surface area contributed by atoms with Crippen LogP contribution in [0.4, 0.5) is 17.6 Å². The molecule has 0 aromatic heterocycles. The van der Waals surface area contributed by atoms with Gasteiger partial charge in [0.05, 0.1) is 19.2 Å². The lowest BCUT2D eigenvalue weighted by molar-refractivity contribution is -0.126. The van der Waals surface area contributed by atoms with E-state index in [4.69, 9.17) is 5.11 Å². The number of aliphatic hydroxyl groups is 1. The molecule has 2 nitrogen and oxygen atoms in total. The topological polar surface area (TPSA) is 32.3 Å². The first-order chi connectivity index (χ1) is 7.83. The van der Waals surface area contributed by atoms with E-state index in [9.17, 15) is 17.6 Å². The Kier molecular flexibility index (Phi) is 4.47. The Morgan fingerprint density at radius 1 is 1.35 bits per heavy atom. The normalized spacial score (nSPS) is 13.8. The lowest BCUT2D eigenvalue weighted by Gasteiger charge is -2.19. The van der Waals surface area contributed by atoms with Crippen molar-refractivity contribution < 1.29 is 22.7 Å².